The fourth-order valence-electron chi connectivity index (χ4n) is 4.88. The number of allylic oxidation sites excluding steroid dienone is 4. The van der Waals surface area contributed by atoms with Gasteiger partial charge >= 0.3 is 19.8 Å². The summed E-state index contributed by atoms with van der Waals surface area (Å²) in [4.78, 5) is 35.1. The minimum Gasteiger partial charge on any atom is -0.462 e. The number of unbranched alkanes of at least 4 members (excludes halogenated alkanes) is 16. The van der Waals surface area contributed by atoms with Crippen LogP contribution >= 0.6 is 7.82 Å². The van der Waals surface area contributed by atoms with Crippen LogP contribution in [0.15, 0.2) is 24.3 Å². The van der Waals surface area contributed by atoms with Crippen LogP contribution in [0, 0.1) is 0 Å². The number of phosphoric ester groups is 1. The van der Waals surface area contributed by atoms with E-state index in [4.69, 9.17) is 18.5 Å². The van der Waals surface area contributed by atoms with Crippen molar-refractivity contribution in [3.05, 3.63) is 24.3 Å². The Morgan fingerprint density at radius 2 is 1.06 bits per heavy atom. The predicted octanol–water partition coefficient (Wildman–Crippen LogP) is 10.0. The normalized spacial score (nSPS) is 14.0. The van der Waals surface area contributed by atoms with Gasteiger partial charge in [-0.2, -0.15) is 0 Å². The Bertz CT molecular complexity index is 886. The van der Waals surface area contributed by atoms with Crippen LogP contribution < -0.4 is 0 Å². The molecule has 1 unspecified atom stereocenters. The van der Waals surface area contributed by atoms with Gasteiger partial charge in [-0.25, -0.2) is 4.57 Å². The molecule has 0 heterocycles. The molecule has 1 N–H and O–H groups in total. The number of nitrogens with zero attached hydrogens (tertiary/aromatic N) is 1. The van der Waals surface area contributed by atoms with Crippen molar-refractivity contribution < 1.29 is 42.1 Å². The molecular formula is C38H73NO8P+. The summed E-state index contributed by atoms with van der Waals surface area (Å²) in [6.07, 6.45) is 30.8. The van der Waals surface area contributed by atoms with Gasteiger partial charge in [0.2, 0.25) is 0 Å². The van der Waals surface area contributed by atoms with Gasteiger partial charge in [0.05, 0.1) is 27.7 Å². The number of quaternary nitrogens is 1. The number of esters is 2. The molecule has 0 spiro atoms. The van der Waals surface area contributed by atoms with E-state index in [2.05, 4.69) is 38.2 Å². The Balaban J connectivity index is 4.47. The van der Waals surface area contributed by atoms with Crippen molar-refractivity contribution in [3.63, 3.8) is 0 Å². The lowest BCUT2D eigenvalue weighted by Gasteiger charge is -2.24. The summed E-state index contributed by atoms with van der Waals surface area (Å²) in [5.74, 6) is -0.822. The molecule has 0 saturated carbocycles. The lowest BCUT2D eigenvalue weighted by atomic mass is 10.1. The highest BCUT2D eigenvalue weighted by atomic mass is 31.2. The van der Waals surface area contributed by atoms with E-state index in [0.29, 0.717) is 17.4 Å². The van der Waals surface area contributed by atoms with E-state index in [1.54, 1.807) is 0 Å². The molecule has 0 aromatic rings. The summed E-state index contributed by atoms with van der Waals surface area (Å²) in [5, 5.41) is 0. The van der Waals surface area contributed by atoms with Crippen molar-refractivity contribution in [2.24, 2.45) is 0 Å². The smallest absolute Gasteiger partial charge is 0.462 e. The molecule has 0 aliphatic rings. The highest BCUT2D eigenvalue weighted by Crippen LogP contribution is 2.43. The number of phosphoric acid groups is 1. The average molecular weight is 703 g/mol. The van der Waals surface area contributed by atoms with Gasteiger partial charge in [-0.05, 0) is 64.2 Å². The fourth-order valence-corrected chi connectivity index (χ4v) is 5.62. The molecule has 0 rings (SSSR count). The van der Waals surface area contributed by atoms with Crippen LogP contribution in [0.25, 0.3) is 0 Å². The van der Waals surface area contributed by atoms with E-state index in [1.165, 1.54) is 51.4 Å². The first-order valence-corrected chi connectivity index (χ1v) is 20.6. The third-order valence-electron chi connectivity index (χ3n) is 7.95. The molecule has 0 saturated heterocycles. The van der Waals surface area contributed by atoms with Crippen molar-refractivity contribution in [1.29, 1.82) is 0 Å². The number of likely N-dealkylation sites (N-methyl/N-ethyl adjacent to an activating group) is 1. The zero-order chi connectivity index (χ0) is 35.8. The van der Waals surface area contributed by atoms with Crippen molar-refractivity contribution in [1.82, 2.24) is 0 Å². The van der Waals surface area contributed by atoms with E-state index >= 15 is 0 Å². The number of hydrogen-bond donors (Lipinski definition) is 1. The number of rotatable bonds is 34. The maximum Gasteiger partial charge on any atom is 0.472 e. The molecule has 0 aliphatic heterocycles. The highest BCUT2D eigenvalue weighted by Gasteiger charge is 2.27. The zero-order valence-electron chi connectivity index (χ0n) is 31.5. The minimum absolute atomic E-state index is 0.0295. The maximum absolute atomic E-state index is 12.6. The molecule has 0 bridgehead atoms. The topological polar surface area (TPSA) is 108 Å². The average Bonchev–Trinajstić information content (AvgIpc) is 3.02. The highest BCUT2D eigenvalue weighted by molar-refractivity contribution is 7.47. The molecule has 0 aromatic carbocycles. The van der Waals surface area contributed by atoms with Gasteiger partial charge in [-0.1, -0.05) is 102 Å². The lowest BCUT2D eigenvalue weighted by molar-refractivity contribution is -0.870. The zero-order valence-corrected chi connectivity index (χ0v) is 32.4. The van der Waals surface area contributed by atoms with Crippen molar-refractivity contribution in [3.8, 4) is 0 Å². The quantitative estimate of drug-likeness (QED) is 0.0232. The SMILES string of the molecule is CCCCC/C=C\CCCCCCCC(=O)OC[C@H](COP(=O)(O)OCC[N+](C)(C)C)OC(=O)CCCCCCC/C=C\CCCCC. The first kappa shape index (κ1) is 46.5. The van der Waals surface area contributed by atoms with Crippen LogP contribution in [0.1, 0.15) is 155 Å². The van der Waals surface area contributed by atoms with Crippen molar-refractivity contribution in [2.45, 2.75) is 161 Å². The molecule has 0 amide bonds. The van der Waals surface area contributed by atoms with Crippen LogP contribution in [0.5, 0.6) is 0 Å². The molecular weight excluding hydrogens is 629 g/mol. The second-order valence-electron chi connectivity index (χ2n) is 14.0. The van der Waals surface area contributed by atoms with Gasteiger partial charge in [-0.15, -0.1) is 0 Å². The first-order valence-electron chi connectivity index (χ1n) is 19.1. The van der Waals surface area contributed by atoms with Crippen molar-refractivity contribution >= 4 is 19.8 Å². The molecule has 9 nitrogen and oxygen atoms in total. The summed E-state index contributed by atoms with van der Waals surface area (Å²) >= 11 is 0. The van der Waals surface area contributed by atoms with E-state index < -0.39 is 26.5 Å². The summed E-state index contributed by atoms with van der Waals surface area (Å²) in [7, 11) is 1.46. The predicted molar refractivity (Wildman–Crippen MR) is 197 cm³/mol. The standard InChI is InChI=1S/C38H72NO8P/c1-6-8-10-12-14-16-18-20-22-24-26-28-30-37(40)44-34-36(35-46-48(42,43)45-33-32-39(3,4)5)47-38(41)31-29-27-25-23-21-19-17-15-13-11-9-7-2/h14-17,36H,6-13,18-35H2,1-5H3/p+1/b16-14-,17-15-/t36-/m1/s1. The van der Waals surface area contributed by atoms with Crippen LogP contribution in [-0.4, -0.2) is 74.9 Å². The molecule has 0 radical (unpaired) electrons. The molecule has 48 heavy (non-hydrogen) atoms. The third-order valence-corrected chi connectivity index (χ3v) is 8.94. The number of ether oxygens (including phenoxy) is 2. The minimum atomic E-state index is -4.37. The van der Waals surface area contributed by atoms with Gasteiger partial charge in [0.15, 0.2) is 6.10 Å². The van der Waals surface area contributed by atoms with E-state index in [-0.39, 0.29) is 32.0 Å². The summed E-state index contributed by atoms with van der Waals surface area (Å²) < 4.78 is 34.1. The second-order valence-corrected chi connectivity index (χ2v) is 15.4. The monoisotopic (exact) mass is 703 g/mol. The van der Waals surface area contributed by atoms with Gasteiger partial charge in [0, 0.05) is 12.8 Å². The summed E-state index contributed by atoms with van der Waals surface area (Å²) in [6.45, 7) is 4.33. The molecule has 0 aliphatic carbocycles. The Labute approximate surface area is 294 Å². The van der Waals surface area contributed by atoms with Crippen molar-refractivity contribution in [2.75, 3.05) is 47.5 Å². The number of hydrogen-bond acceptors (Lipinski definition) is 7. The lowest BCUT2D eigenvalue weighted by Crippen LogP contribution is -2.37. The third kappa shape index (κ3) is 34.4. The summed E-state index contributed by atoms with van der Waals surface area (Å²) in [5.41, 5.74) is 0. The fraction of sp³-hybridized carbons (Fsp3) is 0.842. The molecule has 0 fully saturated rings. The van der Waals surface area contributed by atoms with Gasteiger partial charge in [0.25, 0.3) is 0 Å². The molecule has 0 aromatic heterocycles. The van der Waals surface area contributed by atoms with Crippen LogP contribution in [0.4, 0.5) is 0 Å². The van der Waals surface area contributed by atoms with Crippen LogP contribution in [0.3, 0.4) is 0 Å². The van der Waals surface area contributed by atoms with Crippen LogP contribution in [0.2, 0.25) is 0 Å². The molecule has 2 atom stereocenters. The van der Waals surface area contributed by atoms with Gasteiger partial charge < -0.3 is 18.9 Å². The van der Waals surface area contributed by atoms with Gasteiger partial charge in [0.1, 0.15) is 19.8 Å². The number of carbonyl (C=O) groups excluding carboxylic acids is 2. The molecule has 10 heteroatoms. The van der Waals surface area contributed by atoms with E-state index in [1.807, 2.05) is 21.1 Å². The van der Waals surface area contributed by atoms with E-state index in [9.17, 15) is 19.0 Å². The summed E-state index contributed by atoms with van der Waals surface area (Å²) in [6, 6.07) is 0. The second kappa shape index (κ2) is 31.5. The Kier molecular flexibility index (Phi) is 30.5. The Morgan fingerprint density at radius 1 is 0.625 bits per heavy atom. The Morgan fingerprint density at radius 3 is 1.54 bits per heavy atom. The number of carbonyl (C=O) groups is 2. The Hall–Kier alpha value is -1.51. The first-order chi connectivity index (χ1) is 23.0. The largest absolute Gasteiger partial charge is 0.472 e. The van der Waals surface area contributed by atoms with Crippen LogP contribution in [-0.2, 0) is 32.7 Å². The molecule has 282 valence electrons. The van der Waals surface area contributed by atoms with Gasteiger partial charge in [-0.3, -0.25) is 18.6 Å². The maximum atomic E-state index is 12.6. The van der Waals surface area contributed by atoms with E-state index in [0.717, 1.165) is 70.6 Å².